The molecule has 1 aliphatic rings. The van der Waals surface area contributed by atoms with Crippen LogP contribution in [0.1, 0.15) is 43.7 Å². The summed E-state index contributed by atoms with van der Waals surface area (Å²) in [6, 6.07) is 3.24. The van der Waals surface area contributed by atoms with Crippen molar-refractivity contribution >= 4 is 22.9 Å². The van der Waals surface area contributed by atoms with Crippen molar-refractivity contribution in [1.82, 2.24) is 5.32 Å². The highest BCUT2D eigenvalue weighted by atomic mass is 35.5. The minimum absolute atomic E-state index is 0.529. The molecule has 1 aromatic heterocycles. The van der Waals surface area contributed by atoms with E-state index in [1.807, 2.05) is 0 Å². The van der Waals surface area contributed by atoms with Crippen LogP contribution in [0.2, 0.25) is 4.34 Å². The Bertz CT molecular complexity index is 345. The van der Waals surface area contributed by atoms with Crippen LogP contribution in [-0.4, -0.2) is 6.04 Å². The van der Waals surface area contributed by atoms with Gasteiger partial charge in [0, 0.05) is 17.0 Å². The lowest BCUT2D eigenvalue weighted by molar-refractivity contribution is 0.375. The standard InChI is InChI=1S/C12H18ClNS/c1-7(2)8(3)14-10-4-5-11-9(10)6-12(13)15-11/h6-8,10,14H,4-5H2,1-3H3. The second kappa shape index (κ2) is 4.44. The fourth-order valence-corrected chi connectivity index (χ4v) is 3.37. The van der Waals surface area contributed by atoms with E-state index in [0.717, 1.165) is 4.34 Å². The highest BCUT2D eigenvalue weighted by Crippen LogP contribution is 2.39. The summed E-state index contributed by atoms with van der Waals surface area (Å²) in [6.45, 7) is 6.78. The molecule has 0 spiro atoms. The van der Waals surface area contributed by atoms with Gasteiger partial charge >= 0.3 is 0 Å². The zero-order chi connectivity index (χ0) is 11.0. The van der Waals surface area contributed by atoms with E-state index in [-0.39, 0.29) is 0 Å². The molecule has 2 rings (SSSR count). The first kappa shape index (κ1) is 11.4. The third-order valence-electron chi connectivity index (χ3n) is 3.31. The molecule has 84 valence electrons. The van der Waals surface area contributed by atoms with Gasteiger partial charge in [0.15, 0.2) is 0 Å². The van der Waals surface area contributed by atoms with Crippen molar-refractivity contribution in [3.63, 3.8) is 0 Å². The van der Waals surface area contributed by atoms with Gasteiger partial charge in [-0.25, -0.2) is 0 Å². The predicted octanol–water partition coefficient (Wildman–Crippen LogP) is 4.02. The van der Waals surface area contributed by atoms with Gasteiger partial charge in [-0.1, -0.05) is 25.4 Å². The second-order valence-electron chi connectivity index (χ2n) is 4.72. The maximum absolute atomic E-state index is 6.03. The van der Waals surface area contributed by atoms with Crippen molar-refractivity contribution in [2.45, 2.75) is 45.7 Å². The van der Waals surface area contributed by atoms with Crippen molar-refractivity contribution in [3.05, 3.63) is 20.8 Å². The Hall–Kier alpha value is -0.0500. The molecule has 2 unspecified atom stereocenters. The van der Waals surface area contributed by atoms with Crippen LogP contribution in [0.4, 0.5) is 0 Å². The quantitative estimate of drug-likeness (QED) is 0.846. The lowest BCUT2D eigenvalue weighted by Crippen LogP contribution is -2.33. The van der Waals surface area contributed by atoms with Crippen molar-refractivity contribution < 1.29 is 0 Å². The van der Waals surface area contributed by atoms with Crippen LogP contribution in [0.15, 0.2) is 6.07 Å². The molecule has 2 atom stereocenters. The molecule has 0 saturated heterocycles. The average Bonchev–Trinajstić information content (AvgIpc) is 2.66. The summed E-state index contributed by atoms with van der Waals surface area (Å²) in [5.41, 5.74) is 1.44. The first-order valence-corrected chi connectivity index (χ1v) is 6.81. The number of hydrogen-bond donors (Lipinski definition) is 1. The van der Waals surface area contributed by atoms with E-state index in [0.29, 0.717) is 18.0 Å². The number of fused-ring (bicyclic) bond motifs is 1. The molecule has 1 N–H and O–H groups in total. The van der Waals surface area contributed by atoms with Gasteiger partial charge in [0.25, 0.3) is 0 Å². The van der Waals surface area contributed by atoms with E-state index < -0.39 is 0 Å². The maximum Gasteiger partial charge on any atom is 0.0934 e. The first-order chi connectivity index (χ1) is 7.08. The molecular formula is C12H18ClNS. The molecule has 0 saturated carbocycles. The van der Waals surface area contributed by atoms with E-state index in [1.54, 1.807) is 11.3 Å². The Labute approximate surface area is 101 Å². The summed E-state index contributed by atoms with van der Waals surface area (Å²) in [5.74, 6) is 0.683. The van der Waals surface area contributed by atoms with Crippen molar-refractivity contribution in [2.75, 3.05) is 0 Å². The van der Waals surface area contributed by atoms with Gasteiger partial charge in [-0.05, 0) is 37.3 Å². The number of aryl methyl sites for hydroxylation is 1. The Kier molecular flexibility index (Phi) is 3.39. The number of nitrogens with one attached hydrogen (secondary N) is 1. The summed E-state index contributed by atoms with van der Waals surface area (Å²) in [5, 5.41) is 3.70. The van der Waals surface area contributed by atoms with E-state index in [1.165, 1.54) is 23.3 Å². The number of halogens is 1. The monoisotopic (exact) mass is 243 g/mol. The molecule has 3 heteroatoms. The first-order valence-electron chi connectivity index (χ1n) is 5.62. The molecule has 15 heavy (non-hydrogen) atoms. The molecule has 1 heterocycles. The molecule has 0 amide bonds. The Morgan fingerprint density at radius 2 is 2.20 bits per heavy atom. The third kappa shape index (κ3) is 2.38. The van der Waals surface area contributed by atoms with Crippen molar-refractivity contribution in [3.8, 4) is 0 Å². The Balaban J connectivity index is 2.07. The van der Waals surface area contributed by atoms with Crippen LogP contribution in [0.3, 0.4) is 0 Å². The fraction of sp³-hybridized carbons (Fsp3) is 0.667. The van der Waals surface area contributed by atoms with E-state index in [9.17, 15) is 0 Å². The van der Waals surface area contributed by atoms with E-state index >= 15 is 0 Å². The largest absolute Gasteiger partial charge is 0.307 e. The van der Waals surface area contributed by atoms with Crippen LogP contribution in [0, 0.1) is 5.92 Å². The minimum atomic E-state index is 0.529. The van der Waals surface area contributed by atoms with Gasteiger partial charge in [-0.15, -0.1) is 11.3 Å². The van der Waals surface area contributed by atoms with E-state index in [2.05, 4.69) is 32.2 Å². The minimum Gasteiger partial charge on any atom is -0.307 e. The topological polar surface area (TPSA) is 12.0 Å². The molecule has 1 aromatic rings. The summed E-state index contributed by atoms with van der Waals surface area (Å²) in [7, 11) is 0. The molecule has 0 aliphatic heterocycles. The summed E-state index contributed by atoms with van der Waals surface area (Å²) in [4.78, 5) is 1.48. The van der Waals surface area contributed by atoms with Crippen LogP contribution < -0.4 is 5.32 Å². The highest BCUT2D eigenvalue weighted by Gasteiger charge is 2.26. The molecule has 0 fully saturated rings. The van der Waals surface area contributed by atoms with Gasteiger partial charge in [-0.2, -0.15) is 0 Å². The molecule has 0 bridgehead atoms. The third-order valence-corrected chi connectivity index (χ3v) is 4.65. The molecule has 0 aromatic carbocycles. The number of rotatable bonds is 3. The zero-order valence-corrected chi connectivity index (χ0v) is 11.1. The van der Waals surface area contributed by atoms with Crippen LogP contribution in [0.5, 0.6) is 0 Å². The van der Waals surface area contributed by atoms with Gasteiger partial charge in [0.05, 0.1) is 4.34 Å². The van der Waals surface area contributed by atoms with Gasteiger partial charge in [0.2, 0.25) is 0 Å². The molecule has 1 aliphatic carbocycles. The van der Waals surface area contributed by atoms with Gasteiger partial charge in [0.1, 0.15) is 0 Å². The van der Waals surface area contributed by atoms with Crippen LogP contribution >= 0.6 is 22.9 Å². The van der Waals surface area contributed by atoms with E-state index in [4.69, 9.17) is 11.6 Å². The number of thiophene rings is 1. The van der Waals surface area contributed by atoms with Crippen LogP contribution in [-0.2, 0) is 6.42 Å². The average molecular weight is 244 g/mol. The van der Waals surface area contributed by atoms with Crippen molar-refractivity contribution in [1.29, 1.82) is 0 Å². The van der Waals surface area contributed by atoms with Crippen LogP contribution in [0.25, 0.3) is 0 Å². The summed E-state index contributed by atoms with van der Waals surface area (Å²) >= 11 is 7.77. The normalized spacial score (nSPS) is 22.1. The molecular weight excluding hydrogens is 226 g/mol. The van der Waals surface area contributed by atoms with Crippen molar-refractivity contribution in [2.24, 2.45) is 5.92 Å². The zero-order valence-electron chi connectivity index (χ0n) is 9.51. The fourth-order valence-electron chi connectivity index (χ4n) is 2.01. The number of hydrogen-bond acceptors (Lipinski definition) is 2. The summed E-state index contributed by atoms with van der Waals surface area (Å²) in [6.07, 6.45) is 2.42. The maximum atomic E-state index is 6.03. The van der Waals surface area contributed by atoms with Gasteiger partial charge in [-0.3, -0.25) is 0 Å². The highest BCUT2D eigenvalue weighted by molar-refractivity contribution is 7.16. The van der Waals surface area contributed by atoms with Gasteiger partial charge < -0.3 is 5.32 Å². The molecule has 0 radical (unpaired) electrons. The molecule has 1 nitrogen and oxygen atoms in total. The smallest absolute Gasteiger partial charge is 0.0934 e. The Morgan fingerprint density at radius 1 is 1.47 bits per heavy atom. The predicted molar refractivity (Wildman–Crippen MR) is 67.8 cm³/mol. The Morgan fingerprint density at radius 3 is 2.87 bits per heavy atom. The second-order valence-corrected chi connectivity index (χ2v) is 6.49. The SMILES string of the molecule is CC(C)C(C)NC1CCc2sc(Cl)cc21. The lowest BCUT2D eigenvalue weighted by Gasteiger charge is -2.22. The lowest BCUT2D eigenvalue weighted by atomic mass is 10.0. The summed E-state index contributed by atoms with van der Waals surface area (Å²) < 4.78 is 0.934.